The summed E-state index contributed by atoms with van der Waals surface area (Å²) in [7, 11) is 0. The predicted octanol–water partition coefficient (Wildman–Crippen LogP) is 2.17. The first kappa shape index (κ1) is 9.69. The number of ether oxygens (including phenoxy) is 1. The Balaban J connectivity index is 2.18. The zero-order valence-corrected chi connectivity index (χ0v) is 8.57. The second-order valence-electron chi connectivity index (χ2n) is 3.99. The molecule has 1 saturated heterocycles. The maximum atomic E-state index is 5.79. The van der Waals surface area contributed by atoms with E-state index in [1.165, 1.54) is 11.1 Å². The number of rotatable bonds is 1. The molecule has 0 aromatic heterocycles. The standard InChI is InChI=1S/C12H17NO/c1-9-4-2-3-5-11(9)10-6-7-14-12(13)8-10/h2-5,10,12H,6-8,13H2,1H3. The minimum absolute atomic E-state index is 0.0756. The predicted molar refractivity (Wildman–Crippen MR) is 57.1 cm³/mol. The summed E-state index contributed by atoms with van der Waals surface area (Å²) in [5, 5.41) is 0. The van der Waals surface area contributed by atoms with E-state index in [-0.39, 0.29) is 6.23 Å². The van der Waals surface area contributed by atoms with Crippen LogP contribution in [0.5, 0.6) is 0 Å². The molecule has 0 saturated carbocycles. The normalized spacial score (nSPS) is 27.6. The van der Waals surface area contributed by atoms with Crippen LogP contribution >= 0.6 is 0 Å². The van der Waals surface area contributed by atoms with Crippen LogP contribution in [-0.2, 0) is 4.74 Å². The molecule has 2 heteroatoms. The van der Waals surface area contributed by atoms with Gasteiger partial charge in [0, 0.05) is 6.61 Å². The molecule has 0 spiro atoms. The minimum Gasteiger partial charge on any atom is -0.364 e. The molecule has 0 aliphatic carbocycles. The summed E-state index contributed by atoms with van der Waals surface area (Å²) < 4.78 is 5.35. The molecule has 2 rings (SSSR count). The summed E-state index contributed by atoms with van der Waals surface area (Å²) >= 11 is 0. The van der Waals surface area contributed by atoms with Crippen LogP contribution < -0.4 is 5.73 Å². The summed E-state index contributed by atoms with van der Waals surface area (Å²) in [6, 6.07) is 8.55. The first-order valence-corrected chi connectivity index (χ1v) is 5.20. The van der Waals surface area contributed by atoms with Gasteiger partial charge in [-0.15, -0.1) is 0 Å². The van der Waals surface area contributed by atoms with Crippen molar-refractivity contribution < 1.29 is 4.74 Å². The average Bonchev–Trinajstić information content (AvgIpc) is 2.18. The smallest absolute Gasteiger partial charge is 0.106 e. The molecular formula is C12H17NO. The lowest BCUT2D eigenvalue weighted by molar-refractivity contribution is 0.0109. The van der Waals surface area contributed by atoms with Gasteiger partial charge in [-0.3, -0.25) is 0 Å². The minimum atomic E-state index is -0.0756. The zero-order chi connectivity index (χ0) is 9.97. The zero-order valence-electron chi connectivity index (χ0n) is 8.57. The molecule has 0 bridgehead atoms. The molecule has 0 amide bonds. The van der Waals surface area contributed by atoms with E-state index in [9.17, 15) is 0 Å². The van der Waals surface area contributed by atoms with Crippen LogP contribution in [0.2, 0.25) is 0 Å². The lowest BCUT2D eigenvalue weighted by Crippen LogP contribution is -2.31. The van der Waals surface area contributed by atoms with E-state index in [4.69, 9.17) is 10.5 Å². The molecule has 2 nitrogen and oxygen atoms in total. The quantitative estimate of drug-likeness (QED) is 0.738. The molecule has 1 aromatic carbocycles. The number of aryl methyl sites for hydroxylation is 1. The summed E-state index contributed by atoms with van der Waals surface area (Å²) in [4.78, 5) is 0. The first-order valence-electron chi connectivity index (χ1n) is 5.20. The van der Waals surface area contributed by atoms with Crippen molar-refractivity contribution in [1.29, 1.82) is 0 Å². The first-order chi connectivity index (χ1) is 6.77. The highest BCUT2D eigenvalue weighted by Crippen LogP contribution is 2.30. The molecule has 76 valence electrons. The molecule has 14 heavy (non-hydrogen) atoms. The fourth-order valence-electron chi connectivity index (χ4n) is 2.16. The van der Waals surface area contributed by atoms with Crippen molar-refractivity contribution >= 4 is 0 Å². The monoisotopic (exact) mass is 191 g/mol. The average molecular weight is 191 g/mol. The van der Waals surface area contributed by atoms with Gasteiger partial charge in [0.15, 0.2) is 0 Å². The van der Waals surface area contributed by atoms with Crippen LogP contribution in [0, 0.1) is 6.92 Å². The van der Waals surface area contributed by atoms with Crippen molar-refractivity contribution in [2.24, 2.45) is 5.73 Å². The fraction of sp³-hybridized carbons (Fsp3) is 0.500. The second-order valence-corrected chi connectivity index (χ2v) is 3.99. The van der Waals surface area contributed by atoms with Gasteiger partial charge >= 0.3 is 0 Å². The molecule has 1 aliphatic heterocycles. The topological polar surface area (TPSA) is 35.2 Å². The number of nitrogens with two attached hydrogens (primary N) is 1. The lowest BCUT2D eigenvalue weighted by Gasteiger charge is -2.28. The molecule has 2 N–H and O–H groups in total. The Morgan fingerprint density at radius 1 is 1.36 bits per heavy atom. The number of hydrogen-bond donors (Lipinski definition) is 1. The summed E-state index contributed by atoms with van der Waals surface area (Å²) in [5.74, 6) is 0.583. The van der Waals surface area contributed by atoms with E-state index in [0.717, 1.165) is 19.4 Å². The Morgan fingerprint density at radius 2 is 2.14 bits per heavy atom. The van der Waals surface area contributed by atoms with E-state index in [1.54, 1.807) is 0 Å². The summed E-state index contributed by atoms with van der Waals surface area (Å²) in [5.41, 5.74) is 8.59. The largest absolute Gasteiger partial charge is 0.364 e. The van der Waals surface area contributed by atoms with Gasteiger partial charge in [-0.25, -0.2) is 0 Å². The van der Waals surface area contributed by atoms with Crippen molar-refractivity contribution in [3.63, 3.8) is 0 Å². The van der Waals surface area contributed by atoms with Crippen LogP contribution in [0.1, 0.15) is 29.9 Å². The molecule has 1 aliphatic rings. The van der Waals surface area contributed by atoms with Crippen molar-refractivity contribution in [3.8, 4) is 0 Å². The highest BCUT2D eigenvalue weighted by molar-refractivity contribution is 5.29. The third-order valence-electron chi connectivity index (χ3n) is 2.94. The third kappa shape index (κ3) is 1.97. The third-order valence-corrected chi connectivity index (χ3v) is 2.94. The van der Waals surface area contributed by atoms with Crippen molar-refractivity contribution in [2.45, 2.75) is 31.9 Å². The Labute approximate surface area is 85.1 Å². The van der Waals surface area contributed by atoms with Gasteiger partial charge in [0.2, 0.25) is 0 Å². The van der Waals surface area contributed by atoms with Crippen molar-refractivity contribution in [1.82, 2.24) is 0 Å². The van der Waals surface area contributed by atoms with E-state index in [0.29, 0.717) is 5.92 Å². The lowest BCUT2D eigenvalue weighted by atomic mass is 9.88. The fourth-order valence-corrected chi connectivity index (χ4v) is 2.16. The van der Waals surface area contributed by atoms with Crippen LogP contribution in [0.15, 0.2) is 24.3 Å². The molecule has 1 fully saturated rings. The summed E-state index contributed by atoms with van der Waals surface area (Å²) in [6.07, 6.45) is 1.97. The molecular weight excluding hydrogens is 174 g/mol. The second kappa shape index (κ2) is 4.11. The SMILES string of the molecule is Cc1ccccc1C1CCOC(N)C1. The van der Waals surface area contributed by atoms with Gasteiger partial charge in [0.25, 0.3) is 0 Å². The van der Waals surface area contributed by atoms with E-state index >= 15 is 0 Å². The van der Waals surface area contributed by atoms with E-state index < -0.39 is 0 Å². The van der Waals surface area contributed by atoms with Gasteiger partial charge < -0.3 is 10.5 Å². The van der Waals surface area contributed by atoms with Gasteiger partial charge in [-0.05, 0) is 36.8 Å². The molecule has 0 radical (unpaired) electrons. The Bertz CT molecular complexity index is 311. The van der Waals surface area contributed by atoms with Gasteiger partial charge in [-0.2, -0.15) is 0 Å². The maximum Gasteiger partial charge on any atom is 0.106 e. The van der Waals surface area contributed by atoms with E-state index in [2.05, 4.69) is 31.2 Å². The summed E-state index contributed by atoms with van der Waals surface area (Å²) in [6.45, 7) is 2.95. The van der Waals surface area contributed by atoms with Gasteiger partial charge in [0.1, 0.15) is 6.23 Å². The molecule has 1 heterocycles. The Kier molecular flexibility index (Phi) is 2.85. The van der Waals surface area contributed by atoms with Crippen LogP contribution in [-0.4, -0.2) is 12.8 Å². The van der Waals surface area contributed by atoms with E-state index in [1.807, 2.05) is 0 Å². The molecule has 1 aromatic rings. The maximum absolute atomic E-state index is 5.79. The Morgan fingerprint density at radius 3 is 2.86 bits per heavy atom. The highest BCUT2D eigenvalue weighted by Gasteiger charge is 2.21. The van der Waals surface area contributed by atoms with Crippen LogP contribution in [0.3, 0.4) is 0 Å². The Hall–Kier alpha value is -0.860. The van der Waals surface area contributed by atoms with Gasteiger partial charge in [0.05, 0.1) is 0 Å². The molecule has 2 unspecified atom stereocenters. The van der Waals surface area contributed by atoms with Crippen LogP contribution in [0.25, 0.3) is 0 Å². The highest BCUT2D eigenvalue weighted by atomic mass is 16.5. The van der Waals surface area contributed by atoms with Crippen molar-refractivity contribution in [3.05, 3.63) is 35.4 Å². The van der Waals surface area contributed by atoms with Gasteiger partial charge in [-0.1, -0.05) is 24.3 Å². The van der Waals surface area contributed by atoms with Crippen molar-refractivity contribution in [2.75, 3.05) is 6.61 Å². The number of hydrogen-bond acceptors (Lipinski definition) is 2. The van der Waals surface area contributed by atoms with Crippen LogP contribution in [0.4, 0.5) is 0 Å². The number of benzene rings is 1. The molecule has 2 atom stereocenters.